The van der Waals surface area contributed by atoms with E-state index in [-0.39, 0.29) is 11.6 Å². The maximum atomic E-state index is 12.9. The number of hydrogen-bond donors (Lipinski definition) is 3. The Morgan fingerprint density at radius 3 is 2.74 bits per heavy atom. The number of halogens is 3. The van der Waals surface area contributed by atoms with Crippen LogP contribution in [0, 0.1) is 0 Å². The highest BCUT2D eigenvalue weighted by Gasteiger charge is 2.31. The molecular formula is C22H18F3N5O3S. The standard InChI is InChI=1S/C22H18F3N5O3S/c1-34-18-9-14(33-17-6-7-27-20-15(17)3-5-19(31)30-20)2-4-16(18)29-21(32)28-13-8-12(10-26-11-13)22(23,24)25/h2,4,6-11H,3,5H2,1H3,(H,27,30,31)(H2,28,29,32). The number of nitrogens with zero attached hydrogens (tertiary/aromatic N) is 2. The Kier molecular flexibility index (Phi) is 6.59. The largest absolute Gasteiger partial charge is 0.457 e. The third-order valence-electron chi connectivity index (χ3n) is 4.85. The Bertz CT molecular complexity index is 1250. The van der Waals surface area contributed by atoms with E-state index in [0.717, 1.165) is 17.8 Å². The van der Waals surface area contributed by atoms with Crippen molar-refractivity contribution in [2.24, 2.45) is 0 Å². The van der Waals surface area contributed by atoms with Crippen LogP contribution in [0.2, 0.25) is 0 Å². The lowest BCUT2D eigenvalue weighted by Crippen LogP contribution is -2.20. The summed E-state index contributed by atoms with van der Waals surface area (Å²) in [6.45, 7) is 0. The highest BCUT2D eigenvalue weighted by molar-refractivity contribution is 7.98. The van der Waals surface area contributed by atoms with Crippen molar-refractivity contribution in [1.82, 2.24) is 9.97 Å². The van der Waals surface area contributed by atoms with Crippen molar-refractivity contribution in [2.45, 2.75) is 23.9 Å². The van der Waals surface area contributed by atoms with Crippen molar-refractivity contribution < 1.29 is 27.5 Å². The number of rotatable bonds is 5. The number of alkyl halides is 3. The summed E-state index contributed by atoms with van der Waals surface area (Å²) in [5.74, 6) is 1.43. The molecule has 1 aliphatic heterocycles. The van der Waals surface area contributed by atoms with Crippen molar-refractivity contribution in [1.29, 1.82) is 0 Å². The molecule has 4 rings (SSSR count). The van der Waals surface area contributed by atoms with Gasteiger partial charge >= 0.3 is 12.2 Å². The van der Waals surface area contributed by atoms with Crippen LogP contribution >= 0.6 is 11.8 Å². The van der Waals surface area contributed by atoms with Crippen LogP contribution < -0.4 is 20.7 Å². The Morgan fingerprint density at radius 1 is 1.15 bits per heavy atom. The molecule has 0 radical (unpaired) electrons. The van der Waals surface area contributed by atoms with E-state index in [4.69, 9.17) is 4.74 Å². The summed E-state index contributed by atoms with van der Waals surface area (Å²) in [4.78, 5) is 32.3. The summed E-state index contributed by atoms with van der Waals surface area (Å²) in [6, 6.07) is 6.79. The molecule has 0 atom stereocenters. The average molecular weight is 489 g/mol. The number of fused-ring (bicyclic) bond motifs is 1. The molecule has 1 aromatic carbocycles. The fraction of sp³-hybridized carbons (Fsp3) is 0.182. The van der Waals surface area contributed by atoms with E-state index in [1.807, 2.05) is 6.26 Å². The molecule has 176 valence electrons. The molecule has 12 heteroatoms. The zero-order valence-corrected chi connectivity index (χ0v) is 18.5. The minimum atomic E-state index is -4.57. The van der Waals surface area contributed by atoms with E-state index in [0.29, 0.717) is 46.9 Å². The van der Waals surface area contributed by atoms with Crippen LogP contribution in [0.3, 0.4) is 0 Å². The SMILES string of the molecule is CSc1cc(Oc2ccnc3c2CCC(=O)N3)ccc1NC(=O)Nc1cncc(C(F)(F)F)c1. The number of ether oxygens (including phenoxy) is 1. The Morgan fingerprint density at radius 2 is 1.97 bits per heavy atom. The lowest BCUT2D eigenvalue weighted by atomic mass is 10.1. The van der Waals surface area contributed by atoms with Gasteiger partial charge in [-0.2, -0.15) is 13.2 Å². The summed E-state index contributed by atoms with van der Waals surface area (Å²) in [5.41, 5.74) is 0.187. The van der Waals surface area contributed by atoms with Crippen LogP contribution in [0.25, 0.3) is 0 Å². The number of aromatic nitrogens is 2. The van der Waals surface area contributed by atoms with E-state index in [9.17, 15) is 22.8 Å². The maximum Gasteiger partial charge on any atom is 0.417 e. The van der Waals surface area contributed by atoms with Gasteiger partial charge in [-0.25, -0.2) is 9.78 Å². The van der Waals surface area contributed by atoms with Gasteiger partial charge in [0.05, 0.1) is 23.1 Å². The highest BCUT2D eigenvalue weighted by Crippen LogP contribution is 2.36. The van der Waals surface area contributed by atoms with Gasteiger partial charge < -0.3 is 20.7 Å². The molecule has 3 heterocycles. The number of carbonyl (C=O) groups excluding carboxylic acids is 2. The molecule has 1 aliphatic rings. The Labute approximate surface area is 196 Å². The van der Waals surface area contributed by atoms with Gasteiger partial charge in [0.1, 0.15) is 17.3 Å². The Balaban J connectivity index is 1.47. The molecular weight excluding hydrogens is 471 g/mol. The Hall–Kier alpha value is -3.80. The first-order chi connectivity index (χ1) is 16.2. The van der Waals surface area contributed by atoms with Crippen LogP contribution in [0.5, 0.6) is 11.5 Å². The molecule has 34 heavy (non-hydrogen) atoms. The van der Waals surface area contributed by atoms with Crippen molar-refractivity contribution in [3.8, 4) is 11.5 Å². The van der Waals surface area contributed by atoms with Crippen LogP contribution in [-0.2, 0) is 17.4 Å². The number of hydrogen-bond acceptors (Lipinski definition) is 6. The van der Waals surface area contributed by atoms with Gasteiger partial charge in [-0.1, -0.05) is 0 Å². The molecule has 0 aliphatic carbocycles. The molecule has 0 saturated carbocycles. The number of amides is 3. The van der Waals surface area contributed by atoms with Gasteiger partial charge in [-0.15, -0.1) is 11.8 Å². The number of nitrogens with one attached hydrogen (secondary N) is 3. The zero-order valence-electron chi connectivity index (χ0n) is 17.7. The van der Waals surface area contributed by atoms with Crippen LogP contribution in [0.4, 0.5) is 35.2 Å². The van der Waals surface area contributed by atoms with E-state index < -0.39 is 17.8 Å². The van der Waals surface area contributed by atoms with Crippen molar-refractivity contribution in [2.75, 3.05) is 22.2 Å². The molecule has 0 fully saturated rings. The van der Waals surface area contributed by atoms with Crippen molar-refractivity contribution in [3.63, 3.8) is 0 Å². The number of thioether (sulfide) groups is 1. The number of pyridine rings is 2. The second kappa shape index (κ2) is 9.59. The second-order valence-corrected chi connectivity index (χ2v) is 8.04. The van der Waals surface area contributed by atoms with E-state index in [2.05, 4.69) is 25.9 Å². The molecule has 3 N–H and O–H groups in total. The summed E-state index contributed by atoms with van der Waals surface area (Å²) in [5, 5.41) is 7.69. The molecule has 0 saturated heterocycles. The van der Waals surface area contributed by atoms with E-state index in [1.54, 1.807) is 24.3 Å². The molecule has 8 nitrogen and oxygen atoms in total. The first-order valence-corrected chi connectivity index (χ1v) is 11.2. The molecule has 2 aromatic heterocycles. The average Bonchev–Trinajstić information content (AvgIpc) is 2.79. The first kappa shape index (κ1) is 23.4. The van der Waals surface area contributed by atoms with Gasteiger partial charge in [-0.3, -0.25) is 9.78 Å². The lowest BCUT2D eigenvalue weighted by molar-refractivity contribution is -0.137. The number of carbonyl (C=O) groups is 2. The van der Waals surface area contributed by atoms with Crippen molar-refractivity contribution >= 4 is 40.9 Å². The second-order valence-electron chi connectivity index (χ2n) is 7.19. The normalized spacial score (nSPS) is 13.0. The maximum absolute atomic E-state index is 12.9. The molecule has 3 aromatic rings. The van der Waals surface area contributed by atoms with Gasteiger partial charge in [0.25, 0.3) is 0 Å². The summed E-state index contributed by atoms with van der Waals surface area (Å²) < 4.78 is 44.6. The van der Waals surface area contributed by atoms with Crippen LogP contribution in [-0.4, -0.2) is 28.2 Å². The topological polar surface area (TPSA) is 105 Å². The number of benzene rings is 1. The first-order valence-electron chi connectivity index (χ1n) is 9.97. The van der Waals surface area contributed by atoms with Gasteiger partial charge in [0.15, 0.2) is 0 Å². The van der Waals surface area contributed by atoms with E-state index >= 15 is 0 Å². The minimum Gasteiger partial charge on any atom is -0.457 e. The number of urea groups is 1. The molecule has 0 spiro atoms. The van der Waals surface area contributed by atoms with Crippen LogP contribution in [0.15, 0.2) is 53.8 Å². The number of anilines is 3. The van der Waals surface area contributed by atoms with Gasteiger partial charge in [0.2, 0.25) is 5.91 Å². The lowest BCUT2D eigenvalue weighted by Gasteiger charge is -2.19. The third kappa shape index (κ3) is 5.39. The fourth-order valence-corrected chi connectivity index (χ4v) is 3.84. The monoisotopic (exact) mass is 489 g/mol. The predicted octanol–water partition coefficient (Wildman–Crippen LogP) is 5.54. The molecule has 3 amide bonds. The zero-order chi connectivity index (χ0) is 24.3. The quantitative estimate of drug-likeness (QED) is 0.407. The minimum absolute atomic E-state index is 0.0902. The fourth-order valence-electron chi connectivity index (χ4n) is 3.27. The highest BCUT2D eigenvalue weighted by atomic mass is 32.2. The van der Waals surface area contributed by atoms with Gasteiger partial charge in [0, 0.05) is 29.3 Å². The van der Waals surface area contributed by atoms with Crippen LogP contribution in [0.1, 0.15) is 17.5 Å². The predicted molar refractivity (Wildman–Crippen MR) is 121 cm³/mol. The summed E-state index contributed by atoms with van der Waals surface area (Å²) >= 11 is 1.35. The van der Waals surface area contributed by atoms with Crippen molar-refractivity contribution in [3.05, 3.63) is 60.0 Å². The molecule has 0 bridgehead atoms. The third-order valence-corrected chi connectivity index (χ3v) is 5.62. The summed E-state index contributed by atoms with van der Waals surface area (Å²) in [7, 11) is 0. The van der Waals surface area contributed by atoms with Gasteiger partial charge in [-0.05, 0) is 43.0 Å². The molecule has 0 unspecified atom stereocenters. The summed E-state index contributed by atoms with van der Waals surface area (Å²) in [6.07, 6.45) is 1.43. The smallest absolute Gasteiger partial charge is 0.417 e. The van der Waals surface area contributed by atoms with E-state index in [1.165, 1.54) is 18.0 Å².